The number of H-pyrrole nitrogens is 2. The van der Waals surface area contributed by atoms with E-state index in [1.807, 2.05) is 63.2 Å². The van der Waals surface area contributed by atoms with Crippen molar-refractivity contribution in [2.24, 2.45) is 5.41 Å². The lowest BCUT2D eigenvalue weighted by molar-refractivity contribution is -0.117. The Morgan fingerprint density at radius 3 is 2.58 bits per heavy atom. The summed E-state index contributed by atoms with van der Waals surface area (Å²) in [5.74, 6) is -0.0412. The third-order valence-corrected chi connectivity index (χ3v) is 6.17. The number of hydrogen-bond acceptors (Lipinski definition) is 6. The van der Waals surface area contributed by atoms with Gasteiger partial charge in [-0.1, -0.05) is 26.8 Å². The molecule has 1 amide bonds. The van der Waals surface area contributed by atoms with E-state index in [2.05, 4.69) is 40.4 Å². The third-order valence-electron chi connectivity index (χ3n) is 6.17. The maximum Gasteiger partial charge on any atom is 0.224 e. The minimum atomic E-state index is -0.0984. The Kier molecular flexibility index (Phi) is 5.68. The summed E-state index contributed by atoms with van der Waals surface area (Å²) in [6.07, 6.45) is 9.14. The van der Waals surface area contributed by atoms with Crippen LogP contribution in [0.5, 0.6) is 0 Å². The Balaban J connectivity index is 1.36. The Bertz CT molecular complexity index is 1780. The van der Waals surface area contributed by atoms with Crippen molar-refractivity contribution in [1.82, 2.24) is 35.1 Å². The van der Waals surface area contributed by atoms with Gasteiger partial charge in [-0.25, -0.2) is 4.98 Å². The van der Waals surface area contributed by atoms with Gasteiger partial charge in [0.25, 0.3) is 0 Å². The molecule has 9 heteroatoms. The number of nitrogens with zero attached hydrogens (tertiary/aromatic N) is 5. The van der Waals surface area contributed by atoms with Crippen molar-refractivity contribution >= 4 is 33.5 Å². The first kappa shape index (κ1) is 23.5. The molecule has 0 aliphatic rings. The maximum absolute atomic E-state index is 12.4. The summed E-state index contributed by atoms with van der Waals surface area (Å²) in [6, 6.07) is 13.7. The Morgan fingerprint density at radius 2 is 1.76 bits per heavy atom. The van der Waals surface area contributed by atoms with Crippen molar-refractivity contribution in [3.8, 4) is 33.9 Å². The molecule has 0 unspecified atom stereocenters. The first-order valence-corrected chi connectivity index (χ1v) is 12.3. The van der Waals surface area contributed by atoms with Crippen molar-refractivity contribution in [3.63, 3.8) is 0 Å². The van der Waals surface area contributed by atoms with Crippen LogP contribution in [0.4, 0.5) is 5.69 Å². The van der Waals surface area contributed by atoms with Gasteiger partial charge in [-0.15, -0.1) is 0 Å². The fourth-order valence-corrected chi connectivity index (χ4v) is 4.51. The van der Waals surface area contributed by atoms with Gasteiger partial charge < -0.3 is 10.3 Å². The van der Waals surface area contributed by atoms with E-state index in [-0.39, 0.29) is 11.3 Å². The fraction of sp³-hybridized carbons (Fsp3) is 0.172. The molecule has 9 nitrogen and oxygen atoms in total. The summed E-state index contributed by atoms with van der Waals surface area (Å²) in [5, 5.41) is 12.4. The SMILES string of the molecule is CC(C)(C)CC(=O)Nc1cncc(-c2cnc3[nH]nc(-c4cc5c(-c6ccccn6)nccc5[nH]4)c3c2)c1. The van der Waals surface area contributed by atoms with Gasteiger partial charge in [0.05, 0.1) is 29.0 Å². The molecule has 0 saturated heterocycles. The van der Waals surface area contributed by atoms with Crippen LogP contribution in [0.1, 0.15) is 27.2 Å². The minimum absolute atomic E-state index is 0.0412. The van der Waals surface area contributed by atoms with E-state index in [1.54, 1.807) is 31.0 Å². The van der Waals surface area contributed by atoms with Crippen LogP contribution < -0.4 is 5.32 Å². The molecule has 0 saturated carbocycles. The molecule has 188 valence electrons. The lowest BCUT2D eigenvalue weighted by atomic mass is 9.92. The van der Waals surface area contributed by atoms with Crippen LogP contribution in [0.2, 0.25) is 0 Å². The summed E-state index contributed by atoms with van der Waals surface area (Å²) < 4.78 is 0. The zero-order valence-electron chi connectivity index (χ0n) is 21.3. The first-order chi connectivity index (χ1) is 18.3. The summed E-state index contributed by atoms with van der Waals surface area (Å²) in [4.78, 5) is 33.9. The van der Waals surface area contributed by atoms with Crippen LogP contribution in [-0.2, 0) is 4.79 Å². The number of anilines is 1. The monoisotopic (exact) mass is 502 g/mol. The second kappa shape index (κ2) is 9.19. The average Bonchev–Trinajstić information content (AvgIpc) is 3.51. The van der Waals surface area contributed by atoms with E-state index >= 15 is 0 Å². The highest BCUT2D eigenvalue weighted by Gasteiger charge is 2.18. The van der Waals surface area contributed by atoms with Gasteiger partial charge in [0.15, 0.2) is 5.65 Å². The van der Waals surface area contributed by atoms with Crippen molar-refractivity contribution in [1.29, 1.82) is 0 Å². The summed E-state index contributed by atoms with van der Waals surface area (Å²) in [7, 11) is 0. The molecule has 0 atom stereocenters. The fourth-order valence-electron chi connectivity index (χ4n) is 4.51. The van der Waals surface area contributed by atoms with Crippen molar-refractivity contribution in [2.45, 2.75) is 27.2 Å². The van der Waals surface area contributed by atoms with E-state index in [4.69, 9.17) is 0 Å². The Morgan fingerprint density at radius 1 is 0.895 bits per heavy atom. The van der Waals surface area contributed by atoms with E-state index in [0.29, 0.717) is 17.8 Å². The Labute approximate surface area is 218 Å². The molecule has 0 aliphatic heterocycles. The number of aromatic nitrogens is 7. The first-order valence-electron chi connectivity index (χ1n) is 12.3. The molecule has 0 radical (unpaired) electrons. The lowest BCUT2D eigenvalue weighted by Gasteiger charge is -2.17. The van der Waals surface area contributed by atoms with E-state index < -0.39 is 0 Å². The third kappa shape index (κ3) is 4.61. The molecule has 0 spiro atoms. The zero-order chi connectivity index (χ0) is 26.3. The predicted octanol–water partition coefficient (Wildman–Crippen LogP) is 6.00. The number of hydrogen-bond donors (Lipinski definition) is 3. The van der Waals surface area contributed by atoms with Gasteiger partial charge in [0.2, 0.25) is 5.91 Å². The largest absolute Gasteiger partial charge is 0.353 e. The quantitative estimate of drug-likeness (QED) is 0.265. The molecule has 3 N–H and O–H groups in total. The number of rotatable bonds is 5. The highest BCUT2D eigenvalue weighted by molar-refractivity contribution is 5.99. The standard InChI is InChI=1S/C29H26N8O/c1-29(2,3)13-25(38)34-19-10-17(14-30-16-19)18-11-21-27(36-37-28(21)33-15-18)24-12-20-22(35-24)7-9-32-26(20)23-6-4-5-8-31-23/h4-12,14-16,35H,13H2,1-3H3,(H,34,38)(H,33,36,37). The molecule has 6 aromatic rings. The number of pyridine rings is 4. The van der Waals surface area contributed by atoms with Crippen LogP contribution >= 0.6 is 0 Å². The highest BCUT2D eigenvalue weighted by atomic mass is 16.1. The van der Waals surface area contributed by atoms with Gasteiger partial charge in [-0.2, -0.15) is 5.10 Å². The number of amides is 1. The molecule has 6 aromatic heterocycles. The van der Waals surface area contributed by atoms with Crippen molar-refractivity contribution in [2.75, 3.05) is 5.32 Å². The van der Waals surface area contributed by atoms with Crippen LogP contribution in [0, 0.1) is 5.41 Å². The molecule has 38 heavy (non-hydrogen) atoms. The summed E-state index contributed by atoms with van der Waals surface area (Å²) in [5.41, 5.74) is 7.09. The highest BCUT2D eigenvalue weighted by Crippen LogP contribution is 2.33. The van der Waals surface area contributed by atoms with Crippen LogP contribution in [0.3, 0.4) is 0 Å². The lowest BCUT2D eigenvalue weighted by Crippen LogP contribution is -2.19. The van der Waals surface area contributed by atoms with Gasteiger partial charge in [-0.3, -0.25) is 24.8 Å². The van der Waals surface area contributed by atoms with E-state index in [9.17, 15) is 4.79 Å². The minimum Gasteiger partial charge on any atom is -0.353 e. The zero-order valence-corrected chi connectivity index (χ0v) is 21.3. The second-order valence-corrected chi connectivity index (χ2v) is 10.5. The number of fused-ring (bicyclic) bond motifs is 2. The molecule has 6 rings (SSSR count). The maximum atomic E-state index is 12.4. The van der Waals surface area contributed by atoms with E-state index in [0.717, 1.165) is 50.2 Å². The number of carbonyl (C=O) groups is 1. The number of aromatic amines is 2. The average molecular weight is 503 g/mol. The number of nitrogens with one attached hydrogen (secondary N) is 3. The molecule has 6 heterocycles. The topological polar surface area (TPSA) is 125 Å². The van der Waals surface area contributed by atoms with Crippen molar-refractivity contribution in [3.05, 3.63) is 73.4 Å². The van der Waals surface area contributed by atoms with Gasteiger partial charge in [0.1, 0.15) is 5.69 Å². The van der Waals surface area contributed by atoms with Crippen LogP contribution in [0.25, 0.3) is 55.8 Å². The van der Waals surface area contributed by atoms with Gasteiger partial charge in [0, 0.05) is 58.6 Å². The van der Waals surface area contributed by atoms with E-state index in [1.165, 1.54) is 0 Å². The molecule has 0 aliphatic carbocycles. The molecule has 0 fully saturated rings. The summed E-state index contributed by atoms with van der Waals surface area (Å²) in [6.45, 7) is 6.11. The van der Waals surface area contributed by atoms with Crippen LogP contribution in [-0.4, -0.2) is 41.0 Å². The molecular weight excluding hydrogens is 476 g/mol. The van der Waals surface area contributed by atoms with Crippen LogP contribution in [0.15, 0.2) is 73.4 Å². The summed E-state index contributed by atoms with van der Waals surface area (Å²) >= 11 is 0. The normalized spacial score (nSPS) is 11.8. The van der Waals surface area contributed by atoms with Gasteiger partial charge in [-0.05, 0) is 41.8 Å². The predicted molar refractivity (Wildman–Crippen MR) is 148 cm³/mol. The molecule has 0 aromatic carbocycles. The smallest absolute Gasteiger partial charge is 0.224 e. The Hall–Kier alpha value is -4.92. The van der Waals surface area contributed by atoms with Crippen molar-refractivity contribution < 1.29 is 4.79 Å². The molecular formula is C29H26N8O. The van der Waals surface area contributed by atoms with Gasteiger partial charge >= 0.3 is 0 Å². The second-order valence-electron chi connectivity index (χ2n) is 10.5. The molecule has 0 bridgehead atoms. The number of carbonyl (C=O) groups excluding carboxylic acids is 1.